The predicted molar refractivity (Wildman–Crippen MR) is 128 cm³/mol. The Morgan fingerprint density at radius 1 is 1.14 bits per heavy atom. The smallest absolute Gasteiger partial charge is 0.193 e. The lowest BCUT2D eigenvalue weighted by Crippen LogP contribution is -2.42. The van der Waals surface area contributed by atoms with E-state index in [1.165, 1.54) is 43.4 Å². The van der Waals surface area contributed by atoms with E-state index in [9.17, 15) is 0 Å². The van der Waals surface area contributed by atoms with Gasteiger partial charge in [-0.25, -0.2) is 0 Å². The van der Waals surface area contributed by atoms with Gasteiger partial charge in [-0.3, -0.25) is 9.89 Å². The molecule has 1 spiro atoms. The van der Waals surface area contributed by atoms with Crippen LogP contribution in [-0.2, 0) is 19.6 Å². The Balaban J connectivity index is 0.00000240. The zero-order valence-electron chi connectivity index (χ0n) is 17.6. The maximum atomic E-state index is 5.48. The number of hydrogen-bond acceptors (Lipinski definition) is 3. The number of furan rings is 1. The lowest BCUT2D eigenvalue weighted by molar-refractivity contribution is 0.151. The van der Waals surface area contributed by atoms with Crippen molar-refractivity contribution < 1.29 is 4.42 Å². The van der Waals surface area contributed by atoms with E-state index in [1.807, 2.05) is 19.2 Å². The molecular formula is C23H33IN4O. The third-order valence-electron chi connectivity index (χ3n) is 6.37. The van der Waals surface area contributed by atoms with Crippen LogP contribution >= 0.6 is 24.0 Å². The van der Waals surface area contributed by atoms with E-state index in [0.29, 0.717) is 5.41 Å². The molecule has 2 aromatic rings. The van der Waals surface area contributed by atoms with Crippen molar-refractivity contribution in [1.29, 1.82) is 0 Å². The Morgan fingerprint density at radius 2 is 1.93 bits per heavy atom. The molecule has 0 amide bonds. The van der Waals surface area contributed by atoms with Crippen LogP contribution in [0.1, 0.15) is 42.6 Å². The summed E-state index contributed by atoms with van der Waals surface area (Å²) >= 11 is 0. The third-order valence-corrected chi connectivity index (χ3v) is 6.37. The third kappa shape index (κ3) is 5.34. The van der Waals surface area contributed by atoms with Crippen molar-refractivity contribution in [2.75, 3.05) is 27.2 Å². The topological polar surface area (TPSA) is 44.0 Å². The number of likely N-dealkylation sites (tertiary alicyclic amines) is 1. The van der Waals surface area contributed by atoms with Crippen molar-refractivity contribution in [3.63, 3.8) is 0 Å². The summed E-state index contributed by atoms with van der Waals surface area (Å²) < 4.78 is 5.48. The van der Waals surface area contributed by atoms with Gasteiger partial charge < -0.3 is 14.6 Å². The van der Waals surface area contributed by atoms with Gasteiger partial charge >= 0.3 is 0 Å². The molecule has 1 saturated carbocycles. The van der Waals surface area contributed by atoms with Crippen molar-refractivity contribution in [3.05, 3.63) is 59.5 Å². The molecule has 1 saturated heterocycles. The molecule has 1 aliphatic heterocycles. The minimum Gasteiger partial charge on any atom is -0.468 e. The Bertz CT molecular complexity index is 801. The van der Waals surface area contributed by atoms with Gasteiger partial charge in [0.2, 0.25) is 0 Å². The lowest BCUT2D eigenvalue weighted by atomic mass is 9.68. The van der Waals surface area contributed by atoms with Gasteiger partial charge in [-0.1, -0.05) is 30.7 Å². The first kappa shape index (κ1) is 22.2. The molecule has 1 N–H and O–H groups in total. The van der Waals surface area contributed by atoms with Gasteiger partial charge in [0, 0.05) is 33.2 Å². The largest absolute Gasteiger partial charge is 0.468 e. The number of hydrogen-bond donors (Lipinski definition) is 1. The van der Waals surface area contributed by atoms with Crippen molar-refractivity contribution in [2.45, 2.75) is 45.3 Å². The van der Waals surface area contributed by atoms with Gasteiger partial charge in [-0.05, 0) is 55.0 Å². The van der Waals surface area contributed by atoms with E-state index >= 15 is 0 Å². The van der Waals surface area contributed by atoms with Gasteiger partial charge in [-0.2, -0.15) is 0 Å². The normalized spacial score (nSPS) is 18.0. The molecule has 4 rings (SSSR count). The van der Waals surface area contributed by atoms with E-state index in [0.717, 1.165) is 37.9 Å². The number of halogens is 1. The highest BCUT2D eigenvalue weighted by atomic mass is 127. The van der Waals surface area contributed by atoms with Gasteiger partial charge in [0.25, 0.3) is 0 Å². The highest BCUT2D eigenvalue weighted by Crippen LogP contribution is 2.47. The summed E-state index contributed by atoms with van der Waals surface area (Å²) in [6.45, 7) is 4.81. The fourth-order valence-electron chi connectivity index (χ4n) is 4.61. The molecule has 2 heterocycles. The second kappa shape index (κ2) is 9.98. The van der Waals surface area contributed by atoms with Crippen LogP contribution < -0.4 is 5.32 Å². The molecule has 0 atom stereocenters. The monoisotopic (exact) mass is 508 g/mol. The molecule has 0 unspecified atom stereocenters. The molecule has 29 heavy (non-hydrogen) atoms. The van der Waals surface area contributed by atoms with Gasteiger partial charge in [0.15, 0.2) is 5.96 Å². The molecule has 0 bridgehead atoms. The molecule has 5 nitrogen and oxygen atoms in total. The first-order chi connectivity index (χ1) is 13.7. The number of nitrogens with zero attached hydrogens (tertiary/aromatic N) is 3. The van der Waals surface area contributed by atoms with Crippen LogP contribution in [0.2, 0.25) is 0 Å². The Hall–Kier alpha value is -1.54. The van der Waals surface area contributed by atoms with Crippen LogP contribution in [0.3, 0.4) is 0 Å². The maximum absolute atomic E-state index is 5.48. The number of nitrogens with one attached hydrogen (secondary N) is 1. The highest BCUT2D eigenvalue weighted by molar-refractivity contribution is 14.0. The summed E-state index contributed by atoms with van der Waals surface area (Å²) in [6, 6.07) is 12.6. The van der Waals surface area contributed by atoms with Crippen LogP contribution in [-0.4, -0.2) is 42.9 Å². The molecule has 0 radical (unpaired) electrons. The maximum Gasteiger partial charge on any atom is 0.193 e. The summed E-state index contributed by atoms with van der Waals surface area (Å²) in [5, 5.41) is 3.61. The van der Waals surface area contributed by atoms with Crippen molar-refractivity contribution in [2.24, 2.45) is 10.4 Å². The molecule has 158 valence electrons. The zero-order valence-corrected chi connectivity index (χ0v) is 19.9. The number of aliphatic imine (C=N–C) groups is 1. The fraction of sp³-hybridized carbons (Fsp3) is 0.522. The van der Waals surface area contributed by atoms with Crippen molar-refractivity contribution >= 4 is 29.9 Å². The second-order valence-electron chi connectivity index (χ2n) is 8.45. The average Bonchev–Trinajstić information content (AvgIpc) is 3.33. The van der Waals surface area contributed by atoms with E-state index in [2.05, 4.69) is 51.4 Å². The van der Waals surface area contributed by atoms with E-state index in [-0.39, 0.29) is 24.0 Å². The van der Waals surface area contributed by atoms with Crippen LogP contribution in [0.25, 0.3) is 0 Å². The summed E-state index contributed by atoms with van der Waals surface area (Å²) in [5.74, 6) is 2.04. The number of rotatable bonds is 6. The molecule has 2 aliphatic rings. The van der Waals surface area contributed by atoms with Crippen LogP contribution in [0, 0.1) is 5.41 Å². The molecule has 1 aromatic heterocycles. The van der Waals surface area contributed by atoms with Gasteiger partial charge in [0.1, 0.15) is 5.76 Å². The zero-order chi connectivity index (χ0) is 19.4. The Labute approximate surface area is 191 Å². The van der Waals surface area contributed by atoms with Crippen LogP contribution in [0.5, 0.6) is 0 Å². The highest BCUT2D eigenvalue weighted by Gasteiger charge is 2.43. The number of benzene rings is 1. The van der Waals surface area contributed by atoms with Gasteiger partial charge in [0.05, 0.1) is 12.8 Å². The molecule has 1 aromatic carbocycles. The standard InChI is InChI=1S/C23H32N4O.HI/c1-24-22(27-13-12-23(18-27)10-6-11-23)25-15-19-7-3-4-8-20(19)16-26(2)17-21-9-5-14-28-21;/h3-5,7-9,14H,6,10-13,15-18H2,1-2H3,(H,24,25);1H. The summed E-state index contributed by atoms with van der Waals surface area (Å²) in [5.41, 5.74) is 3.26. The Kier molecular flexibility index (Phi) is 7.62. The Morgan fingerprint density at radius 3 is 2.55 bits per heavy atom. The fourth-order valence-corrected chi connectivity index (χ4v) is 4.61. The van der Waals surface area contributed by atoms with E-state index in [1.54, 1.807) is 6.26 Å². The molecule has 2 fully saturated rings. The average molecular weight is 508 g/mol. The first-order valence-corrected chi connectivity index (χ1v) is 10.4. The predicted octanol–water partition coefficient (Wildman–Crippen LogP) is 4.48. The molecule has 6 heteroatoms. The quantitative estimate of drug-likeness (QED) is 0.355. The molecular weight excluding hydrogens is 475 g/mol. The SMILES string of the molecule is CN=C(NCc1ccccc1CN(C)Cc1ccco1)N1CCC2(CCC2)C1.I. The van der Waals surface area contributed by atoms with Gasteiger partial charge in [-0.15, -0.1) is 24.0 Å². The van der Waals surface area contributed by atoms with E-state index in [4.69, 9.17) is 4.42 Å². The molecule has 1 aliphatic carbocycles. The lowest BCUT2D eigenvalue weighted by Gasteiger charge is -2.38. The van der Waals surface area contributed by atoms with Crippen LogP contribution in [0.4, 0.5) is 0 Å². The second-order valence-corrected chi connectivity index (χ2v) is 8.45. The first-order valence-electron chi connectivity index (χ1n) is 10.4. The summed E-state index contributed by atoms with van der Waals surface area (Å²) in [6.07, 6.45) is 7.25. The summed E-state index contributed by atoms with van der Waals surface area (Å²) in [4.78, 5) is 9.29. The summed E-state index contributed by atoms with van der Waals surface area (Å²) in [7, 11) is 4.03. The van der Waals surface area contributed by atoms with Crippen LogP contribution in [0.15, 0.2) is 52.1 Å². The number of guanidine groups is 1. The minimum absolute atomic E-state index is 0. The van der Waals surface area contributed by atoms with Crippen molar-refractivity contribution in [3.8, 4) is 0 Å². The minimum atomic E-state index is 0. The van der Waals surface area contributed by atoms with Crippen molar-refractivity contribution in [1.82, 2.24) is 15.1 Å². The van der Waals surface area contributed by atoms with E-state index < -0.39 is 0 Å².